The van der Waals surface area contributed by atoms with Gasteiger partial charge in [-0.2, -0.15) is 13.2 Å². The van der Waals surface area contributed by atoms with Gasteiger partial charge in [-0.05, 0) is 151 Å². The van der Waals surface area contributed by atoms with Gasteiger partial charge in [0.2, 0.25) is 11.8 Å². The number of carbonyl (C=O) groups excluding carboxylic acids is 5. The number of fused-ring (bicyclic) bond motifs is 1. The average molecular weight is 1060 g/mol. The van der Waals surface area contributed by atoms with E-state index < -0.39 is 35.5 Å². The second kappa shape index (κ2) is 23.5. The van der Waals surface area contributed by atoms with Crippen LogP contribution in [-0.2, 0) is 25.2 Å². The maximum absolute atomic E-state index is 14.1. The lowest BCUT2D eigenvalue weighted by molar-refractivity contribution is -0.138. The average Bonchev–Trinajstić information content (AvgIpc) is 3.39. The summed E-state index contributed by atoms with van der Waals surface area (Å²) in [5, 5.41) is 8.72. The molecule has 4 aliphatic rings. The van der Waals surface area contributed by atoms with Crippen molar-refractivity contribution in [2.45, 2.75) is 110 Å². The Morgan fingerprint density at radius 2 is 1.55 bits per heavy atom. The maximum atomic E-state index is 14.1. The minimum absolute atomic E-state index is 0.0631. The van der Waals surface area contributed by atoms with Crippen LogP contribution in [-0.4, -0.2) is 115 Å². The number of halogens is 3. The zero-order valence-electron chi connectivity index (χ0n) is 44.4. The van der Waals surface area contributed by atoms with Crippen LogP contribution in [0.4, 0.5) is 40.0 Å². The number of amides is 6. The van der Waals surface area contributed by atoms with Crippen LogP contribution in [0.25, 0.3) is 16.5 Å². The molecule has 1 aromatic heterocycles. The van der Waals surface area contributed by atoms with Crippen molar-refractivity contribution in [2.75, 3.05) is 75.7 Å². The van der Waals surface area contributed by atoms with Crippen molar-refractivity contribution in [2.24, 2.45) is 17.8 Å². The number of anilines is 3. The summed E-state index contributed by atoms with van der Waals surface area (Å²) in [6, 6.07) is 11.0. The third-order valence-corrected chi connectivity index (χ3v) is 14.6. The van der Waals surface area contributed by atoms with Crippen LogP contribution in [0, 0.1) is 24.7 Å². The Kier molecular flexibility index (Phi) is 17.1. The molecule has 4 heterocycles. The number of hydrogen-bond acceptors (Lipinski definition) is 12. The predicted octanol–water partition coefficient (Wildman–Crippen LogP) is 10.3. The van der Waals surface area contributed by atoms with Crippen LogP contribution in [0.3, 0.4) is 0 Å². The van der Waals surface area contributed by atoms with Crippen molar-refractivity contribution in [1.29, 1.82) is 0 Å². The van der Waals surface area contributed by atoms with Crippen molar-refractivity contribution in [1.82, 2.24) is 25.1 Å². The summed E-state index contributed by atoms with van der Waals surface area (Å²) in [6.07, 6.45) is 2.99. The minimum Gasteiger partial charge on any atom is -0.496 e. The number of likely N-dealkylation sites (tertiary alicyclic amines) is 2. The van der Waals surface area contributed by atoms with Crippen molar-refractivity contribution in [3.63, 3.8) is 0 Å². The highest BCUT2D eigenvalue weighted by atomic mass is 19.4. The van der Waals surface area contributed by atoms with E-state index in [-0.39, 0.29) is 47.9 Å². The summed E-state index contributed by atoms with van der Waals surface area (Å²) >= 11 is 0. The van der Waals surface area contributed by atoms with E-state index in [9.17, 15) is 37.1 Å². The zero-order chi connectivity index (χ0) is 54.5. The van der Waals surface area contributed by atoms with Crippen LogP contribution in [0.15, 0.2) is 54.6 Å². The van der Waals surface area contributed by atoms with Gasteiger partial charge in [-0.3, -0.25) is 29.9 Å². The standard InChI is InChI=1S/C56H69F3N8O9/c1-33(40-26-41(56(57,58)59)29-42(27-40)63-54(72)76-55(3,4)5)60-50-44-30-43(48(74-7)31-45(44)61-34(2)62-50)37-8-10-38(11-9-37)51(69)65-20-14-35(15-21-65)19-25-75-32-36-16-22-66(23-17-36)52(70)39-12-13-47(73-6)46(28-39)67-24-18-49(68)64-53(67)71/h8,12-13,26-31,33,35-36,38H,9-11,14-25,32H2,1-7H3,(H,63,72)(H,60,61,62)(H,64,68,71)/t33-,38?/m1/s1. The molecule has 2 atom stereocenters. The Morgan fingerprint density at radius 1 is 0.842 bits per heavy atom. The molecule has 8 rings (SSSR count). The van der Waals surface area contributed by atoms with Crippen molar-refractivity contribution >= 4 is 63.5 Å². The van der Waals surface area contributed by atoms with Gasteiger partial charge in [0.05, 0.1) is 37.0 Å². The number of benzene rings is 3. The van der Waals surface area contributed by atoms with E-state index in [1.165, 1.54) is 18.1 Å². The Balaban J connectivity index is 0.808. The number of imide groups is 1. The number of methoxy groups -OCH3 is 2. The number of urea groups is 1. The third kappa shape index (κ3) is 13.5. The molecular formula is C56H69F3N8O9. The molecule has 6 amide bonds. The van der Waals surface area contributed by atoms with Gasteiger partial charge >= 0.3 is 18.3 Å². The SMILES string of the molecule is COc1cc2nc(C)nc(N[C@H](C)c3cc(NC(=O)OC(C)(C)C)cc(C(F)(F)F)c3)c2cc1C1=CCC(C(=O)N2CCC(CCOCC3CCN(C(=O)c4ccc(OC)c(N5CCC(=O)NC5=O)c4)CC3)CC2)CC1. The Labute approximate surface area is 441 Å². The van der Waals surface area contributed by atoms with Crippen molar-refractivity contribution in [3.8, 4) is 11.5 Å². The first-order chi connectivity index (χ1) is 36.2. The number of rotatable bonds is 15. The number of aromatic nitrogens is 2. The summed E-state index contributed by atoms with van der Waals surface area (Å²) in [5.74, 6) is 2.28. The molecule has 0 radical (unpaired) electrons. The van der Waals surface area contributed by atoms with E-state index in [1.807, 2.05) is 21.9 Å². The maximum Gasteiger partial charge on any atom is 0.416 e. The lowest BCUT2D eigenvalue weighted by atomic mass is 9.84. The van der Waals surface area contributed by atoms with Gasteiger partial charge in [0.1, 0.15) is 28.7 Å². The molecule has 1 aliphatic carbocycles. The molecule has 3 aromatic carbocycles. The molecule has 3 N–H and O–H groups in total. The normalized spacial score (nSPS) is 18.5. The van der Waals surface area contributed by atoms with Gasteiger partial charge in [0, 0.05) is 86.5 Å². The Hall–Kier alpha value is -6.96. The second-order valence-corrected chi connectivity index (χ2v) is 21.2. The number of aryl methyl sites for hydroxylation is 1. The highest BCUT2D eigenvalue weighted by molar-refractivity contribution is 6.07. The van der Waals surface area contributed by atoms with Crippen LogP contribution < -0.4 is 30.3 Å². The smallest absolute Gasteiger partial charge is 0.416 e. The molecule has 1 unspecified atom stereocenters. The second-order valence-electron chi connectivity index (χ2n) is 21.2. The summed E-state index contributed by atoms with van der Waals surface area (Å²) in [7, 11) is 3.09. The number of ether oxygens (including phenoxy) is 4. The lowest BCUT2D eigenvalue weighted by Crippen LogP contribution is -2.49. The molecule has 408 valence electrons. The first kappa shape index (κ1) is 55.3. The fraction of sp³-hybridized carbons (Fsp3) is 0.518. The summed E-state index contributed by atoms with van der Waals surface area (Å²) < 4.78 is 65.2. The minimum atomic E-state index is -4.68. The number of allylic oxidation sites excluding steroid dienone is 2. The summed E-state index contributed by atoms with van der Waals surface area (Å²) in [4.78, 5) is 78.8. The molecule has 3 aliphatic heterocycles. The molecule has 20 heteroatoms. The van der Waals surface area contributed by atoms with Gasteiger partial charge in [0.15, 0.2) is 0 Å². The largest absolute Gasteiger partial charge is 0.496 e. The number of carbonyl (C=O) groups is 5. The van der Waals surface area contributed by atoms with Crippen molar-refractivity contribution < 1.29 is 56.1 Å². The number of nitrogens with one attached hydrogen (secondary N) is 3. The third-order valence-electron chi connectivity index (χ3n) is 14.6. The predicted molar refractivity (Wildman–Crippen MR) is 281 cm³/mol. The molecule has 0 spiro atoms. The van der Waals surface area contributed by atoms with Gasteiger partial charge in [0.25, 0.3) is 5.91 Å². The number of piperidine rings is 2. The monoisotopic (exact) mass is 1050 g/mol. The highest BCUT2D eigenvalue weighted by Gasteiger charge is 2.34. The zero-order valence-corrected chi connectivity index (χ0v) is 44.4. The Bertz CT molecular complexity index is 2850. The van der Waals surface area contributed by atoms with E-state index in [0.29, 0.717) is 116 Å². The topological polar surface area (TPSA) is 194 Å². The molecule has 0 bridgehead atoms. The number of hydrogen-bond donors (Lipinski definition) is 3. The fourth-order valence-electron chi connectivity index (χ4n) is 10.5. The van der Waals surface area contributed by atoms with Gasteiger partial charge in [-0.25, -0.2) is 19.6 Å². The molecular weight excluding hydrogens is 986 g/mol. The number of alkyl halides is 3. The van der Waals surface area contributed by atoms with E-state index in [1.54, 1.807) is 59.9 Å². The number of nitrogens with zero attached hydrogens (tertiary/aromatic N) is 5. The first-order valence-electron chi connectivity index (χ1n) is 26.2. The van der Waals surface area contributed by atoms with Crippen molar-refractivity contribution in [3.05, 3.63) is 82.7 Å². The van der Waals surface area contributed by atoms with E-state index in [2.05, 4.69) is 32.0 Å². The molecule has 17 nitrogen and oxygen atoms in total. The van der Waals surface area contributed by atoms with Gasteiger partial charge in [-0.1, -0.05) is 6.08 Å². The van der Waals surface area contributed by atoms with Crippen LogP contribution in [0.5, 0.6) is 11.5 Å². The fourth-order valence-corrected chi connectivity index (χ4v) is 10.5. The quantitative estimate of drug-likeness (QED) is 0.0956. The molecule has 3 fully saturated rings. The first-order valence-corrected chi connectivity index (χ1v) is 26.2. The molecule has 0 saturated carbocycles. The summed E-state index contributed by atoms with van der Waals surface area (Å²) in [6.45, 7) is 12.5. The van der Waals surface area contributed by atoms with E-state index >= 15 is 0 Å². The van der Waals surface area contributed by atoms with E-state index in [4.69, 9.17) is 18.9 Å². The molecule has 76 heavy (non-hydrogen) atoms. The van der Waals surface area contributed by atoms with Gasteiger partial charge < -0.3 is 34.1 Å². The van der Waals surface area contributed by atoms with Crippen LogP contribution in [0.2, 0.25) is 0 Å². The highest BCUT2D eigenvalue weighted by Crippen LogP contribution is 2.41. The molecule has 4 aromatic rings. The Morgan fingerprint density at radius 3 is 2.21 bits per heavy atom. The summed E-state index contributed by atoms with van der Waals surface area (Å²) in [5.41, 5.74) is 1.74. The van der Waals surface area contributed by atoms with E-state index in [0.717, 1.165) is 55.4 Å². The lowest BCUT2D eigenvalue weighted by Gasteiger charge is -2.35. The van der Waals surface area contributed by atoms with Crippen LogP contribution >= 0.6 is 0 Å². The molecule has 3 saturated heterocycles. The van der Waals surface area contributed by atoms with Crippen LogP contribution in [0.1, 0.15) is 124 Å². The van der Waals surface area contributed by atoms with Gasteiger partial charge in [-0.15, -0.1) is 0 Å².